The van der Waals surface area contributed by atoms with Gasteiger partial charge in [0.15, 0.2) is 0 Å². The van der Waals surface area contributed by atoms with Crippen LogP contribution in [-0.2, 0) is 20.6 Å². The zero-order valence-corrected chi connectivity index (χ0v) is 12.0. The Morgan fingerprint density at radius 1 is 1.33 bits per heavy atom. The Kier molecular flexibility index (Phi) is 4.02. The molecule has 1 saturated carbocycles. The summed E-state index contributed by atoms with van der Waals surface area (Å²) in [5, 5.41) is 16.7. The summed E-state index contributed by atoms with van der Waals surface area (Å²) in [5.74, 6) is -1.96. The number of aliphatic carboxylic acids is 1. The summed E-state index contributed by atoms with van der Waals surface area (Å²) in [5.41, 5.74) is -0.612. The van der Waals surface area contributed by atoms with E-state index in [2.05, 4.69) is 5.32 Å². The fourth-order valence-corrected chi connectivity index (χ4v) is 2.89. The molecule has 0 radical (unpaired) electrons. The molecule has 0 heterocycles. The molecule has 21 heavy (non-hydrogen) atoms. The van der Waals surface area contributed by atoms with Gasteiger partial charge in [-0.25, -0.2) is 18.4 Å². The Hall–Kier alpha value is -1.93. The summed E-state index contributed by atoms with van der Waals surface area (Å²) in [7, 11) is -3.69. The maximum atomic E-state index is 12.1. The van der Waals surface area contributed by atoms with Crippen molar-refractivity contribution in [1.82, 2.24) is 5.32 Å². The molecule has 114 valence electrons. The molecule has 1 fully saturated rings. The lowest BCUT2D eigenvalue weighted by molar-refractivity contribution is -0.148. The first kappa shape index (κ1) is 15.5. The van der Waals surface area contributed by atoms with Gasteiger partial charge in [-0.05, 0) is 37.0 Å². The number of nitrogens with two attached hydrogens (primary N) is 1. The van der Waals surface area contributed by atoms with Crippen molar-refractivity contribution in [2.24, 2.45) is 5.14 Å². The molecule has 0 aromatic heterocycles. The van der Waals surface area contributed by atoms with Crippen LogP contribution < -0.4 is 10.5 Å². The number of nitrogens with one attached hydrogen (secondary N) is 1. The summed E-state index contributed by atoms with van der Waals surface area (Å²) < 4.78 is 22.1. The van der Waals surface area contributed by atoms with Crippen molar-refractivity contribution in [3.8, 4) is 0 Å². The number of benzene rings is 1. The van der Waals surface area contributed by atoms with E-state index in [1.54, 1.807) is 0 Å². The lowest BCUT2D eigenvalue weighted by Crippen LogP contribution is -2.59. The number of hydrogen-bond acceptors (Lipinski definition) is 4. The molecule has 0 aliphatic heterocycles. The molecule has 2 rings (SSSR count). The van der Waals surface area contributed by atoms with Gasteiger partial charge in [0.1, 0.15) is 5.54 Å². The second kappa shape index (κ2) is 5.45. The molecule has 0 atom stereocenters. The quantitative estimate of drug-likeness (QED) is 0.716. The molecule has 1 aromatic carbocycles. The smallest absolute Gasteiger partial charge is 0.329 e. The van der Waals surface area contributed by atoms with E-state index >= 15 is 0 Å². The first-order chi connectivity index (χ1) is 9.72. The highest BCUT2D eigenvalue weighted by Gasteiger charge is 2.45. The summed E-state index contributed by atoms with van der Waals surface area (Å²) in [4.78, 5) is 23.3. The van der Waals surface area contributed by atoms with Crippen LogP contribution in [0, 0.1) is 0 Å². The van der Waals surface area contributed by atoms with E-state index in [0.717, 1.165) is 6.42 Å². The first-order valence-electron chi connectivity index (χ1n) is 6.37. The third kappa shape index (κ3) is 3.59. The summed E-state index contributed by atoms with van der Waals surface area (Å²) in [6.45, 7) is 0. The van der Waals surface area contributed by atoms with Gasteiger partial charge in [-0.3, -0.25) is 4.79 Å². The van der Waals surface area contributed by atoms with Crippen LogP contribution in [0.25, 0.3) is 0 Å². The van der Waals surface area contributed by atoms with E-state index in [4.69, 9.17) is 5.14 Å². The number of carboxylic acids is 1. The van der Waals surface area contributed by atoms with Crippen LogP contribution in [0.2, 0.25) is 0 Å². The van der Waals surface area contributed by atoms with Gasteiger partial charge in [0.05, 0.1) is 5.75 Å². The molecule has 8 heteroatoms. The van der Waals surface area contributed by atoms with Crippen molar-refractivity contribution in [2.45, 2.75) is 30.6 Å². The van der Waals surface area contributed by atoms with E-state index in [1.165, 1.54) is 24.3 Å². The molecule has 0 spiro atoms. The van der Waals surface area contributed by atoms with E-state index < -0.39 is 27.4 Å². The largest absolute Gasteiger partial charge is 0.480 e. The normalized spacial score (nSPS) is 16.8. The Morgan fingerprint density at radius 3 is 2.48 bits per heavy atom. The van der Waals surface area contributed by atoms with Crippen LogP contribution in [0.5, 0.6) is 0 Å². The van der Waals surface area contributed by atoms with Gasteiger partial charge in [0.2, 0.25) is 10.0 Å². The highest BCUT2D eigenvalue weighted by Crippen LogP contribution is 2.32. The maximum Gasteiger partial charge on any atom is 0.329 e. The molecule has 1 aromatic rings. The molecular formula is C13H16N2O5S. The summed E-state index contributed by atoms with van der Waals surface area (Å²) >= 11 is 0. The predicted molar refractivity (Wildman–Crippen MR) is 74.9 cm³/mol. The average Bonchev–Trinajstić information content (AvgIpc) is 2.31. The topological polar surface area (TPSA) is 127 Å². The van der Waals surface area contributed by atoms with Crippen molar-refractivity contribution in [3.63, 3.8) is 0 Å². The van der Waals surface area contributed by atoms with Gasteiger partial charge in [0.25, 0.3) is 5.91 Å². The maximum absolute atomic E-state index is 12.1. The molecule has 7 nitrogen and oxygen atoms in total. The minimum atomic E-state index is -3.69. The minimum absolute atomic E-state index is 0.212. The molecule has 0 bridgehead atoms. The van der Waals surface area contributed by atoms with Gasteiger partial charge in [-0.2, -0.15) is 0 Å². The highest BCUT2D eigenvalue weighted by molar-refractivity contribution is 7.88. The van der Waals surface area contributed by atoms with Crippen LogP contribution >= 0.6 is 0 Å². The van der Waals surface area contributed by atoms with Crippen molar-refractivity contribution >= 4 is 21.9 Å². The molecule has 4 N–H and O–H groups in total. The van der Waals surface area contributed by atoms with Gasteiger partial charge in [-0.1, -0.05) is 12.1 Å². The minimum Gasteiger partial charge on any atom is -0.480 e. The molecule has 0 unspecified atom stereocenters. The van der Waals surface area contributed by atoms with Crippen LogP contribution in [-0.4, -0.2) is 30.9 Å². The number of carbonyl (C=O) groups is 2. The Morgan fingerprint density at radius 2 is 2.00 bits per heavy atom. The molecular weight excluding hydrogens is 296 g/mol. The van der Waals surface area contributed by atoms with Gasteiger partial charge >= 0.3 is 5.97 Å². The van der Waals surface area contributed by atoms with E-state index in [-0.39, 0.29) is 11.3 Å². The van der Waals surface area contributed by atoms with Crippen LogP contribution in [0.1, 0.15) is 35.2 Å². The van der Waals surface area contributed by atoms with E-state index in [1.807, 2.05) is 0 Å². The lowest BCUT2D eigenvalue weighted by Gasteiger charge is -2.38. The number of sulfonamides is 1. The van der Waals surface area contributed by atoms with Crippen molar-refractivity contribution in [2.75, 3.05) is 0 Å². The standard InChI is InChI=1S/C13H16N2O5S/c14-21(19,20)8-9-3-1-4-10(7-9)11(16)15-13(12(17)18)5-2-6-13/h1,3-4,7H,2,5-6,8H2,(H,15,16)(H,17,18)(H2,14,19,20). The average molecular weight is 312 g/mol. The zero-order valence-electron chi connectivity index (χ0n) is 11.2. The molecule has 1 amide bonds. The highest BCUT2D eigenvalue weighted by atomic mass is 32.2. The monoisotopic (exact) mass is 312 g/mol. The second-order valence-corrected chi connectivity index (χ2v) is 6.82. The SMILES string of the molecule is NS(=O)(=O)Cc1cccc(C(=O)NC2(C(=O)O)CCC2)c1. The number of carbonyl (C=O) groups excluding carboxylic acids is 1. The predicted octanol–water partition coefficient (Wildman–Crippen LogP) is 0.212. The zero-order chi connectivity index (χ0) is 15.7. The number of amides is 1. The Balaban J connectivity index is 2.16. The van der Waals surface area contributed by atoms with E-state index in [9.17, 15) is 23.1 Å². The lowest BCUT2D eigenvalue weighted by atomic mass is 9.76. The summed E-state index contributed by atoms with van der Waals surface area (Å²) in [6, 6.07) is 5.96. The Labute approximate surface area is 122 Å². The van der Waals surface area contributed by atoms with E-state index in [0.29, 0.717) is 18.4 Å². The molecule has 1 aliphatic rings. The molecule has 0 saturated heterocycles. The first-order valence-corrected chi connectivity index (χ1v) is 8.09. The molecule has 1 aliphatic carbocycles. The van der Waals surface area contributed by atoms with Crippen LogP contribution in [0.15, 0.2) is 24.3 Å². The van der Waals surface area contributed by atoms with Crippen molar-refractivity contribution in [1.29, 1.82) is 0 Å². The van der Waals surface area contributed by atoms with Gasteiger partial charge in [-0.15, -0.1) is 0 Å². The third-order valence-corrected chi connectivity index (χ3v) is 4.26. The van der Waals surface area contributed by atoms with Crippen LogP contribution in [0.4, 0.5) is 0 Å². The number of carboxylic acid groups (broad SMARTS) is 1. The fraction of sp³-hybridized carbons (Fsp3) is 0.385. The number of primary sulfonamides is 1. The summed E-state index contributed by atoms with van der Waals surface area (Å²) in [6.07, 6.45) is 1.54. The van der Waals surface area contributed by atoms with Crippen LogP contribution in [0.3, 0.4) is 0 Å². The second-order valence-electron chi connectivity index (χ2n) is 5.20. The van der Waals surface area contributed by atoms with Gasteiger partial charge in [0, 0.05) is 5.56 Å². The number of hydrogen-bond donors (Lipinski definition) is 3. The fourth-order valence-electron chi connectivity index (χ4n) is 2.25. The van der Waals surface area contributed by atoms with Gasteiger partial charge < -0.3 is 10.4 Å². The van der Waals surface area contributed by atoms with Crippen molar-refractivity contribution in [3.05, 3.63) is 35.4 Å². The number of rotatable bonds is 5. The van der Waals surface area contributed by atoms with Crippen molar-refractivity contribution < 1.29 is 23.1 Å². The Bertz CT molecular complexity index is 680. The third-order valence-electron chi connectivity index (χ3n) is 3.53.